The molecule has 3 atom stereocenters. The summed E-state index contributed by atoms with van der Waals surface area (Å²) >= 11 is 0. The van der Waals surface area contributed by atoms with Crippen LogP contribution in [0.2, 0.25) is 0 Å². The standard InChI is InChI=1S/C13H29N/c1-5-8-9-13(11(4)6-2)12(7-3)10-14/h11-13H,5-10,14H2,1-4H3. The highest BCUT2D eigenvalue weighted by atomic mass is 14.6. The first-order chi connectivity index (χ1) is 6.71. The number of hydrogen-bond donors (Lipinski definition) is 1. The molecule has 0 aliphatic carbocycles. The molecule has 0 aromatic rings. The first-order valence-corrected chi connectivity index (χ1v) is 6.41. The van der Waals surface area contributed by atoms with Crippen LogP contribution in [0.25, 0.3) is 0 Å². The second-order valence-corrected chi connectivity index (χ2v) is 4.60. The molecule has 14 heavy (non-hydrogen) atoms. The van der Waals surface area contributed by atoms with E-state index in [2.05, 4.69) is 27.7 Å². The minimum absolute atomic E-state index is 0.747. The van der Waals surface area contributed by atoms with E-state index in [1.54, 1.807) is 0 Å². The van der Waals surface area contributed by atoms with Crippen LogP contribution in [-0.4, -0.2) is 6.54 Å². The van der Waals surface area contributed by atoms with E-state index in [9.17, 15) is 0 Å². The van der Waals surface area contributed by atoms with Crippen LogP contribution in [0, 0.1) is 17.8 Å². The molecule has 3 unspecified atom stereocenters. The third-order valence-corrected chi connectivity index (χ3v) is 3.70. The van der Waals surface area contributed by atoms with Crippen molar-refractivity contribution < 1.29 is 0 Å². The molecule has 1 heteroatoms. The van der Waals surface area contributed by atoms with Gasteiger partial charge in [-0.05, 0) is 30.7 Å². The molecule has 0 spiro atoms. The number of rotatable bonds is 8. The highest BCUT2D eigenvalue weighted by Gasteiger charge is 2.22. The average molecular weight is 199 g/mol. The van der Waals surface area contributed by atoms with E-state index in [1.165, 1.54) is 32.1 Å². The van der Waals surface area contributed by atoms with Gasteiger partial charge in [-0.3, -0.25) is 0 Å². The van der Waals surface area contributed by atoms with E-state index in [1.807, 2.05) is 0 Å². The lowest BCUT2D eigenvalue weighted by Gasteiger charge is -2.30. The van der Waals surface area contributed by atoms with Crippen molar-refractivity contribution in [1.82, 2.24) is 0 Å². The predicted molar refractivity (Wildman–Crippen MR) is 65.3 cm³/mol. The molecule has 0 aliphatic heterocycles. The van der Waals surface area contributed by atoms with Crippen LogP contribution in [0.1, 0.15) is 59.8 Å². The van der Waals surface area contributed by atoms with Crippen molar-refractivity contribution in [2.24, 2.45) is 23.5 Å². The Labute approximate surface area is 90.5 Å². The summed E-state index contributed by atoms with van der Waals surface area (Å²) in [4.78, 5) is 0. The van der Waals surface area contributed by atoms with Gasteiger partial charge < -0.3 is 5.73 Å². The van der Waals surface area contributed by atoms with E-state index in [0.717, 1.165) is 24.3 Å². The van der Waals surface area contributed by atoms with E-state index in [0.29, 0.717) is 0 Å². The van der Waals surface area contributed by atoms with Crippen LogP contribution in [0.4, 0.5) is 0 Å². The monoisotopic (exact) mass is 199 g/mol. The van der Waals surface area contributed by atoms with Crippen molar-refractivity contribution in [1.29, 1.82) is 0 Å². The SMILES string of the molecule is CCCCC(C(C)CC)C(CC)CN. The lowest BCUT2D eigenvalue weighted by atomic mass is 9.77. The predicted octanol–water partition coefficient (Wildman–Crippen LogP) is 3.82. The van der Waals surface area contributed by atoms with Gasteiger partial charge in [-0.1, -0.05) is 53.4 Å². The third kappa shape index (κ3) is 4.45. The average Bonchev–Trinajstić information content (AvgIpc) is 2.23. The molecule has 0 radical (unpaired) electrons. The quantitative estimate of drug-likeness (QED) is 0.632. The molecule has 0 saturated heterocycles. The number of hydrogen-bond acceptors (Lipinski definition) is 1. The van der Waals surface area contributed by atoms with Crippen molar-refractivity contribution in [3.63, 3.8) is 0 Å². The fraction of sp³-hybridized carbons (Fsp3) is 1.00. The Morgan fingerprint density at radius 2 is 1.71 bits per heavy atom. The lowest BCUT2D eigenvalue weighted by molar-refractivity contribution is 0.213. The molecule has 0 amide bonds. The largest absolute Gasteiger partial charge is 0.330 e. The molecule has 0 aliphatic rings. The summed E-state index contributed by atoms with van der Waals surface area (Å²) in [7, 11) is 0. The lowest BCUT2D eigenvalue weighted by Crippen LogP contribution is -2.27. The zero-order chi connectivity index (χ0) is 11.0. The van der Waals surface area contributed by atoms with Gasteiger partial charge in [-0.2, -0.15) is 0 Å². The van der Waals surface area contributed by atoms with Gasteiger partial charge in [-0.25, -0.2) is 0 Å². The van der Waals surface area contributed by atoms with Crippen molar-refractivity contribution in [2.45, 2.75) is 59.8 Å². The molecular formula is C13H29N. The van der Waals surface area contributed by atoms with Gasteiger partial charge in [0.05, 0.1) is 0 Å². The molecule has 0 saturated carbocycles. The second-order valence-electron chi connectivity index (χ2n) is 4.60. The van der Waals surface area contributed by atoms with Gasteiger partial charge in [0, 0.05) is 0 Å². The van der Waals surface area contributed by atoms with Gasteiger partial charge in [0.25, 0.3) is 0 Å². The second kappa shape index (κ2) is 8.28. The van der Waals surface area contributed by atoms with Gasteiger partial charge >= 0.3 is 0 Å². The maximum Gasteiger partial charge on any atom is -0.00462 e. The molecule has 0 fully saturated rings. The minimum atomic E-state index is 0.747. The van der Waals surface area contributed by atoms with Gasteiger partial charge in [0.1, 0.15) is 0 Å². The highest BCUT2D eigenvalue weighted by Crippen LogP contribution is 2.30. The van der Waals surface area contributed by atoms with Crippen LogP contribution in [0.15, 0.2) is 0 Å². The maximum absolute atomic E-state index is 5.85. The summed E-state index contributed by atoms with van der Waals surface area (Å²) in [6.45, 7) is 10.1. The highest BCUT2D eigenvalue weighted by molar-refractivity contribution is 4.74. The van der Waals surface area contributed by atoms with E-state index in [4.69, 9.17) is 5.73 Å². The summed E-state index contributed by atoms with van der Waals surface area (Å²) in [6.07, 6.45) is 6.60. The van der Waals surface area contributed by atoms with Crippen molar-refractivity contribution in [3.05, 3.63) is 0 Å². The Balaban J connectivity index is 4.19. The molecule has 1 nitrogen and oxygen atoms in total. The Morgan fingerprint density at radius 1 is 1.07 bits per heavy atom. The van der Waals surface area contributed by atoms with E-state index < -0.39 is 0 Å². The molecule has 86 valence electrons. The summed E-state index contributed by atoms with van der Waals surface area (Å²) in [5.41, 5.74) is 5.85. The fourth-order valence-electron chi connectivity index (χ4n) is 2.37. The van der Waals surface area contributed by atoms with Crippen molar-refractivity contribution in [2.75, 3.05) is 6.54 Å². The molecule has 0 aromatic carbocycles. The Morgan fingerprint density at radius 3 is 2.07 bits per heavy atom. The number of unbranched alkanes of at least 4 members (excludes halogenated alkanes) is 1. The topological polar surface area (TPSA) is 26.0 Å². The van der Waals surface area contributed by atoms with Crippen LogP contribution < -0.4 is 5.73 Å². The van der Waals surface area contributed by atoms with Gasteiger partial charge in [0.2, 0.25) is 0 Å². The van der Waals surface area contributed by atoms with Crippen molar-refractivity contribution in [3.8, 4) is 0 Å². The first kappa shape index (κ1) is 14.0. The molecule has 0 aromatic heterocycles. The van der Waals surface area contributed by atoms with Crippen LogP contribution >= 0.6 is 0 Å². The smallest absolute Gasteiger partial charge is 0.00462 e. The number of nitrogens with two attached hydrogens (primary N) is 1. The van der Waals surface area contributed by atoms with E-state index in [-0.39, 0.29) is 0 Å². The Bertz CT molecular complexity index is 118. The zero-order valence-corrected chi connectivity index (χ0v) is 10.6. The van der Waals surface area contributed by atoms with Crippen molar-refractivity contribution >= 4 is 0 Å². The summed E-state index contributed by atoms with van der Waals surface area (Å²) in [5.74, 6) is 2.45. The maximum atomic E-state index is 5.85. The first-order valence-electron chi connectivity index (χ1n) is 6.41. The van der Waals surface area contributed by atoms with Crippen LogP contribution in [0.3, 0.4) is 0 Å². The Hall–Kier alpha value is -0.0400. The van der Waals surface area contributed by atoms with Gasteiger partial charge in [-0.15, -0.1) is 0 Å². The molecule has 2 N–H and O–H groups in total. The van der Waals surface area contributed by atoms with Crippen LogP contribution in [-0.2, 0) is 0 Å². The van der Waals surface area contributed by atoms with Gasteiger partial charge in [0.15, 0.2) is 0 Å². The summed E-state index contributed by atoms with van der Waals surface area (Å²) in [5, 5.41) is 0. The molecular weight excluding hydrogens is 170 g/mol. The Kier molecular flexibility index (Phi) is 8.26. The molecule has 0 heterocycles. The normalized spacial score (nSPS) is 17.8. The fourth-order valence-corrected chi connectivity index (χ4v) is 2.37. The van der Waals surface area contributed by atoms with E-state index >= 15 is 0 Å². The zero-order valence-electron chi connectivity index (χ0n) is 10.6. The summed E-state index contributed by atoms with van der Waals surface area (Å²) < 4.78 is 0. The minimum Gasteiger partial charge on any atom is -0.330 e. The third-order valence-electron chi connectivity index (χ3n) is 3.70. The van der Waals surface area contributed by atoms with Crippen LogP contribution in [0.5, 0.6) is 0 Å². The summed E-state index contributed by atoms with van der Waals surface area (Å²) in [6, 6.07) is 0. The molecule has 0 rings (SSSR count). The molecule has 0 bridgehead atoms.